The minimum absolute atomic E-state index is 0.164. The molecule has 234 valence electrons. The molecule has 2 atom stereocenters. The summed E-state index contributed by atoms with van der Waals surface area (Å²) in [5, 5.41) is 23.3. The van der Waals surface area contributed by atoms with Crippen LogP contribution in [0.1, 0.15) is 30.3 Å². The van der Waals surface area contributed by atoms with Gasteiger partial charge < -0.3 is 20.2 Å². The van der Waals surface area contributed by atoms with Gasteiger partial charge in [0.05, 0.1) is 17.8 Å². The van der Waals surface area contributed by atoms with Gasteiger partial charge in [-0.1, -0.05) is 18.3 Å². The fourth-order valence-electron chi connectivity index (χ4n) is 6.15. The number of aromatic nitrogens is 5. The van der Waals surface area contributed by atoms with Crippen molar-refractivity contribution in [2.24, 2.45) is 5.92 Å². The Morgan fingerprint density at radius 1 is 1.13 bits per heavy atom. The summed E-state index contributed by atoms with van der Waals surface area (Å²) in [7, 11) is 1.91. The summed E-state index contributed by atoms with van der Waals surface area (Å²) in [6, 6.07) is 11.9. The molecule has 0 amide bonds. The number of aliphatic hydroxyl groups is 1. The zero-order valence-electron chi connectivity index (χ0n) is 25.4. The van der Waals surface area contributed by atoms with Crippen LogP contribution in [0.15, 0.2) is 55.0 Å². The second-order valence-electron chi connectivity index (χ2n) is 11.8. The Labute approximate surface area is 269 Å². The molecule has 0 spiro atoms. The molecule has 0 bridgehead atoms. The van der Waals surface area contributed by atoms with Crippen molar-refractivity contribution < 1.29 is 14.3 Å². The number of β-amino-alcohol motifs (C(OH)–C–C–N with tert-alkyl or cyclic N) is 1. The first-order valence-corrected chi connectivity index (χ1v) is 16.1. The van der Waals surface area contributed by atoms with Crippen LogP contribution in [0, 0.1) is 23.1 Å². The minimum atomic E-state index is -0.438. The summed E-state index contributed by atoms with van der Waals surface area (Å²) in [6.45, 7) is 3.98. The predicted molar refractivity (Wildman–Crippen MR) is 174 cm³/mol. The fraction of sp³-hybridized carbons (Fsp3) is 0.333. The predicted octanol–water partition coefficient (Wildman–Crippen LogP) is 4.37. The largest absolute Gasteiger partial charge is 0.392 e. The molecular weight excluding hydrogens is 605 g/mol. The third-order valence-electron chi connectivity index (χ3n) is 8.64. The number of aryl methyl sites for hydroxylation is 1. The summed E-state index contributed by atoms with van der Waals surface area (Å²) in [4.78, 5) is 35.9. The van der Waals surface area contributed by atoms with Crippen LogP contribution in [0.4, 0.5) is 21.3 Å². The van der Waals surface area contributed by atoms with E-state index in [1.807, 2.05) is 54.0 Å². The van der Waals surface area contributed by atoms with Crippen LogP contribution in [-0.4, -0.2) is 74.1 Å². The first-order valence-electron chi connectivity index (χ1n) is 15.2. The number of halogens is 1. The Kier molecular flexibility index (Phi) is 7.94. The summed E-state index contributed by atoms with van der Waals surface area (Å²) in [6.07, 6.45) is 6.86. The summed E-state index contributed by atoms with van der Waals surface area (Å²) in [5.74, 6) is 1.55. The van der Waals surface area contributed by atoms with Gasteiger partial charge in [-0.2, -0.15) is 5.26 Å². The van der Waals surface area contributed by atoms with Crippen LogP contribution in [0.3, 0.4) is 0 Å². The van der Waals surface area contributed by atoms with Gasteiger partial charge in [-0.15, -0.1) is 0 Å². The van der Waals surface area contributed by atoms with Crippen molar-refractivity contribution in [3.05, 3.63) is 71.4 Å². The van der Waals surface area contributed by atoms with Crippen LogP contribution < -0.4 is 15.1 Å². The molecule has 11 nitrogen and oxygen atoms in total. The van der Waals surface area contributed by atoms with Crippen molar-refractivity contribution in [2.45, 2.75) is 38.3 Å². The minimum Gasteiger partial charge on any atom is -0.392 e. The Hall–Kier alpha value is -4.77. The third kappa shape index (κ3) is 5.60. The van der Waals surface area contributed by atoms with Crippen LogP contribution in [0.2, 0.25) is 0 Å². The molecule has 4 aromatic heterocycles. The standard InChI is InChI=1S/C33H32FN9O2S/c1-3-25-31(41(2)33-40-30(28(12-35)46-33)20-4-7-23(34)8-5-20)43-18-21(6-9-29(43)39-25)22-13-37-32(38-14-22)42-16-19(17-42)10-27(45)26-11-24(44)15-36-26/h4-9,13-14,18-19,24,26,36,44H,3,10-11,15-17H2,1-2H3/t24-,26+/m1/s1. The van der Waals surface area contributed by atoms with Crippen molar-refractivity contribution >= 4 is 39.7 Å². The van der Waals surface area contributed by atoms with Crippen molar-refractivity contribution in [2.75, 3.05) is 36.5 Å². The van der Waals surface area contributed by atoms with Gasteiger partial charge in [0, 0.05) is 74.3 Å². The lowest BCUT2D eigenvalue weighted by Crippen LogP contribution is -2.49. The molecule has 13 heteroatoms. The molecule has 1 aromatic carbocycles. The van der Waals surface area contributed by atoms with Gasteiger partial charge in [-0.05, 0) is 49.2 Å². The number of aliphatic hydroxyl groups excluding tert-OH is 1. The molecule has 2 saturated heterocycles. The molecule has 2 aliphatic rings. The number of nitrogens with zero attached hydrogens (tertiary/aromatic N) is 8. The smallest absolute Gasteiger partial charge is 0.225 e. The molecular formula is C33H32FN9O2S. The van der Waals surface area contributed by atoms with E-state index < -0.39 is 6.10 Å². The van der Waals surface area contributed by atoms with E-state index in [-0.39, 0.29) is 23.6 Å². The summed E-state index contributed by atoms with van der Waals surface area (Å²) < 4.78 is 15.6. The fourth-order valence-corrected chi connectivity index (χ4v) is 7.00. The quantitative estimate of drug-likeness (QED) is 0.240. The van der Waals surface area contributed by atoms with Crippen molar-refractivity contribution in [1.82, 2.24) is 29.7 Å². The topological polar surface area (TPSA) is 136 Å². The molecule has 2 N–H and O–H groups in total. The van der Waals surface area contributed by atoms with E-state index in [4.69, 9.17) is 9.97 Å². The zero-order chi connectivity index (χ0) is 31.9. The highest BCUT2D eigenvalue weighted by Crippen LogP contribution is 2.37. The first kappa shape index (κ1) is 29.9. The van der Waals surface area contributed by atoms with Crippen LogP contribution in [0.25, 0.3) is 28.0 Å². The van der Waals surface area contributed by atoms with Gasteiger partial charge in [0.1, 0.15) is 39.7 Å². The number of imidazole rings is 1. The molecule has 2 aliphatic heterocycles. The Morgan fingerprint density at radius 3 is 2.54 bits per heavy atom. The lowest BCUT2D eigenvalue weighted by molar-refractivity contribution is -0.122. The highest BCUT2D eigenvalue weighted by molar-refractivity contribution is 7.16. The number of thiazole rings is 1. The van der Waals surface area contributed by atoms with Crippen molar-refractivity contribution in [1.29, 1.82) is 5.26 Å². The van der Waals surface area contributed by atoms with E-state index in [1.165, 1.54) is 23.5 Å². The van der Waals surface area contributed by atoms with Gasteiger partial charge in [-0.25, -0.2) is 24.3 Å². The number of nitrogens with one attached hydrogen (secondary N) is 1. The maximum atomic E-state index is 13.5. The average molecular weight is 638 g/mol. The molecule has 7 rings (SSSR count). The number of anilines is 3. The van der Waals surface area contributed by atoms with E-state index in [0.29, 0.717) is 53.0 Å². The average Bonchev–Trinajstić information content (AvgIpc) is 3.79. The number of nitriles is 1. The van der Waals surface area contributed by atoms with E-state index in [2.05, 4.69) is 26.3 Å². The van der Waals surface area contributed by atoms with E-state index in [0.717, 1.165) is 41.4 Å². The number of rotatable bonds is 9. The number of carbonyl (C=O) groups is 1. The second-order valence-corrected chi connectivity index (χ2v) is 12.8. The number of carbonyl (C=O) groups excluding carboxylic acids is 1. The van der Waals surface area contributed by atoms with Gasteiger partial charge in [0.15, 0.2) is 5.13 Å². The molecule has 0 radical (unpaired) electrons. The third-order valence-corrected chi connectivity index (χ3v) is 9.67. The molecule has 0 aliphatic carbocycles. The normalized spacial score (nSPS) is 18.1. The summed E-state index contributed by atoms with van der Waals surface area (Å²) >= 11 is 1.28. The van der Waals surface area contributed by atoms with Crippen LogP contribution >= 0.6 is 11.3 Å². The number of hydrogen-bond donors (Lipinski definition) is 2. The molecule has 2 fully saturated rings. The second kappa shape index (κ2) is 12.2. The number of pyridine rings is 1. The molecule has 46 heavy (non-hydrogen) atoms. The van der Waals surface area contributed by atoms with E-state index in [9.17, 15) is 19.6 Å². The molecule has 0 saturated carbocycles. The van der Waals surface area contributed by atoms with Gasteiger partial charge in [-0.3, -0.25) is 9.20 Å². The van der Waals surface area contributed by atoms with E-state index in [1.54, 1.807) is 12.1 Å². The molecule has 6 heterocycles. The number of hydrogen-bond acceptors (Lipinski definition) is 11. The monoisotopic (exact) mass is 637 g/mol. The highest BCUT2D eigenvalue weighted by atomic mass is 32.1. The zero-order valence-corrected chi connectivity index (χ0v) is 26.2. The maximum absolute atomic E-state index is 13.5. The summed E-state index contributed by atoms with van der Waals surface area (Å²) in [5.41, 5.74) is 4.62. The number of ketones is 1. The Balaban J connectivity index is 1.10. The number of fused-ring (bicyclic) bond motifs is 1. The lowest BCUT2D eigenvalue weighted by atomic mass is 9.91. The Morgan fingerprint density at radius 2 is 1.87 bits per heavy atom. The van der Waals surface area contributed by atoms with Crippen molar-refractivity contribution in [3.63, 3.8) is 0 Å². The maximum Gasteiger partial charge on any atom is 0.225 e. The van der Waals surface area contributed by atoms with Gasteiger partial charge >= 0.3 is 0 Å². The van der Waals surface area contributed by atoms with Gasteiger partial charge in [0.2, 0.25) is 5.95 Å². The highest BCUT2D eigenvalue weighted by Gasteiger charge is 2.34. The van der Waals surface area contributed by atoms with Crippen LogP contribution in [0.5, 0.6) is 0 Å². The van der Waals surface area contributed by atoms with Crippen molar-refractivity contribution in [3.8, 4) is 28.5 Å². The molecule has 5 aromatic rings. The number of Topliss-reactive ketones (excluding diaryl/α,β-unsaturated/α-hetero) is 1. The lowest BCUT2D eigenvalue weighted by Gasteiger charge is -2.39. The van der Waals surface area contributed by atoms with Gasteiger partial charge in [0.25, 0.3) is 0 Å². The first-order chi connectivity index (χ1) is 22.3. The van der Waals surface area contributed by atoms with E-state index >= 15 is 0 Å². The SMILES string of the molecule is CCc1nc2ccc(-c3cnc(N4CC(CC(=O)[C@@H]5C[C@@H](O)CN5)C4)nc3)cn2c1N(C)c1nc(-c2ccc(F)cc2)c(C#N)s1. The van der Waals surface area contributed by atoms with Crippen LogP contribution in [-0.2, 0) is 11.2 Å². The Bertz CT molecular complexity index is 1940. The molecule has 0 unspecified atom stereocenters. The number of benzene rings is 1.